The van der Waals surface area contributed by atoms with E-state index < -0.39 is 5.91 Å². The Morgan fingerprint density at radius 2 is 1.96 bits per heavy atom. The number of piperazine rings is 1. The van der Waals surface area contributed by atoms with Gasteiger partial charge in [0.05, 0.1) is 6.42 Å². The third kappa shape index (κ3) is 7.37. The fourth-order valence-electron chi connectivity index (χ4n) is 3.06. The first kappa shape index (κ1) is 22.6. The van der Waals surface area contributed by atoms with E-state index in [0.29, 0.717) is 30.1 Å². The molecular formula is C20H29ClFN4O2. The number of carbonyl (C=O) groups is 2. The van der Waals surface area contributed by atoms with Crippen LogP contribution in [0.4, 0.5) is 4.39 Å². The zero-order valence-corrected chi connectivity index (χ0v) is 17.1. The number of carbonyl (C=O) groups excluding carboxylic acids is 2. The number of benzene rings is 1. The standard InChI is InChI=1S/C20H29ClFN4O2/c1-15(20(23)28)6-7-19(27)24-8-3-9-25-10-12-26(13-11-25)14-16-17(21)4-2-5-18(16)22/h2,4-5,7,15H,3,6,8-14H2,1H3,(H2,23,28)(H,24,27)/t15-/m0/s1. The van der Waals surface area contributed by atoms with Crippen LogP contribution < -0.4 is 11.1 Å². The maximum Gasteiger partial charge on any atom is 0.223 e. The largest absolute Gasteiger partial charge is 0.369 e. The molecule has 155 valence electrons. The molecule has 1 heterocycles. The van der Waals surface area contributed by atoms with Gasteiger partial charge in [0, 0.05) is 55.8 Å². The second kappa shape index (κ2) is 11.3. The summed E-state index contributed by atoms with van der Waals surface area (Å²) in [7, 11) is 0. The lowest BCUT2D eigenvalue weighted by Crippen LogP contribution is -2.46. The Kier molecular flexibility index (Phi) is 9.15. The van der Waals surface area contributed by atoms with Crippen LogP contribution in [0.5, 0.6) is 0 Å². The summed E-state index contributed by atoms with van der Waals surface area (Å²) in [5.74, 6) is -1.16. The van der Waals surface area contributed by atoms with E-state index in [2.05, 4.69) is 15.1 Å². The summed E-state index contributed by atoms with van der Waals surface area (Å²) in [4.78, 5) is 27.2. The van der Waals surface area contributed by atoms with Gasteiger partial charge in [-0.1, -0.05) is 24.6 Å². The van der Waals surface area contributed by atoms with E-state index >= 15 is 0 Å². The topological polar surface area (TPSA) is 78.7 Å². The van der Waals surface area contributed by atoms with E-state index in [1.54, 1.807) is 19.1 Å². The molecule has 1 atom stereocenters. The first-order valence-electron chi connectivity index (χ1n) is 9.64. The number of rotatable bonds is 10. The predicted octanol–water partition coefficient (Wildman–Crippen LogP) is 1.82. The third-order valence-electron chi connectivity index (χ3n) is 5.00. The van der Waals surface area contributed by atoms with Crippen molar-refractivity contribution in [3.05, 3.63) is 41.0 Å². The van der Waals surface area contributed by atoms with E-state index in [-0.39, 0.29) is 17.6 Å². The monoisotopic (exact) mass is 411 g/mol. The van der Waals surface area contributed by atoms with Crippen molar-refractivity contribution in [2.24, 2.45) is 11.7 Å². The van der Waals surface area contributed by atoms with Crippen molar-refractivity contribution in [3.63, 3.8) is 0 Å². The molecular weight excluding hydrogens is 383 g/mol. The lowest BCUT2D eigenvalue weighted by molar-refractivity contribution is -0.121. The van der Waals surface area contributed by atoms with Crippen molar-refractivity contribution in [2.45, 2.75) is 26.3 Å². The number of hydrogen-bond donors (Lipinski definition) is 2. The smallest absolute Gasteiger partial charge is 0.223 e. The molecule has 28 heavy (non-hydrogen) atoms. The minimum Gasteiger partial charge on any atom is -0.369 e. The molecule has 1 aliphatic heterocycles. The van der Waals surface area contributed by atoms with Gasteiger partial charge >= 0.3 is 0 Å². The third-order valence-corrected chi connectivity index (χ3v) is 5.36. The maximum absolute atomic E-state index is 13.9. The van der Waals surface area contributed by atoms with Gasteiger partial charge in [0.25, 0.3) is 0 Å². The first-order chi connectivity index (χ1) is 13.4. The van der Waals surface area contributed by atoms with Crippen LogP contribution in [0.15, 0.2) is 18.2 Å². The first-order valence-corrected chi connectivity index (χ1v) is 10.0. The molecule has 1 aromatic rings. The van der Waals surface area contributed by atoms with Gasteiger partial charge < -0.3 is 16.0 Å². The number of halogens is 2. The molecule has 0 unspecified atom stereocenters. The Balaban J connectivity index is 1.59. The molecule has 1 aromatic carbocycles. The lowest BCUT2D eigenvalue weighted by Gasteiger charge is -2.34. The number of nitrogens with one attached hydrogen (secondary N) is 1. The van der Waals surface area contributed by atoms with Crippen LogP contribution in [0.3, 0.4) is 0 Å². The normalized spacial score (nSPS) is 16.7. The summed E-state index contributed by atoms with van der Waals surface area (Å²) in [5.41, 5.74) is 5.73. The van der Waals surface area contributed by atoms with Gasteiger partial charge in [-0.2, -0.15) is 0 Å². The highest BCUT2D eigenvalue weighted by molar-refractivity contribution is 6.31. The van der Waals surface area contributed by atoms with Crippen LogP contribution in [0.1, 0.15) is 25.3 Å². The van der Waals surface area contributed by atoms with Crippen LogP contribution in [0.25, 0.3) is 0 Å². The predicted molar refractivity (Wildman–Crippen MR) is 108 cm³/mol. The molecule has 1 aliphatic rings. The highest BCUT2D eigenvalue weighted by Crippen LogP contribution is 2.21. The molecule has 6 nitrogen and oxygen atoms in total. The average molecular weight is 412 g/mol. The van der Waals surface area contributed by atoms with Crippen molar-refractivity contribution in [1.82, 2.24) is 15.1 Å². The quantitative estimate of drug-likeness (QED) is 0.575. The van der Waals surface area contributed by atoms with Gasteiger partial charge in [-0.05, 0) is 31.5 Å². The van der Waals surface area contributed by atoms with E-state index in [0.717, 1.165) is 39.1 Å². The van der Waals surface area contributed by atoms with Crippen molar-refractivity contribution >= 4 is 23.4 Å². The molecule has 1 radical (unpaired) electrons. The second-order valence-electron chi connectivity index (χ2n) is 7.21. The number of nitrogens with two attached hydrogens (primary N) is 1. The Morgan fingerprint density at radius 1 is 1.29 bits per heavy atom. The number of hydrogen-bond acceptors (Lipinski definition) is 4. The Hall–Kier alpha value is -1.70. The van der Waals surface area contributed by atoms with Crippen LogP contribution in [0, 0.1) is 18.2 Å². The zero-order valence-electron chi connectivity index (χ0n) is 16.3. The maximum atomic E-state index is 13.9. The van der Waals surface area contributed by atoms with E-state index in [1.807, 2.05) is 0 Å². The summed E-state index contributed by atoms with van der Waals surface area (Å²) in [6.07, 6.45) is 2.68. The fourth-order valence-corrected chi connectivity index (χ4v) is 3.29. The van der Waals surface area contributed by atoms with Crippen molar-refractivity contribution in [3.8, 4) is 0 Å². The fraction of sp³-hybridized carbons (Fsp3) is 0.550. The second-order valence-corrected chi connectivity index (χ2v) is 7.61. The van der Waals surface area contributed by atoms with Crippen LogP contribution in [-0.2, 0) is 16.1 Å². The summed E-state index contributed by atoms with van der Waals surface area (Å²) < 4.78 is 13.9. The van der Waals surface area contributed by atoms with Gasteiger partial charge in [-0.15, -0.1) is 0 Å². The molecule has 3 N–H and O–H groups in total. The minimum absolute atomic E-state index is 0.167. The van der Waals surface area contributed by atoms with Crippen LogP contribution in [-0.4, -0.2) is 60.9 Å². The molecule has 1 fully saturated rings. The van der Waals surface area contributed by atoms with Crippen molar-refractivity contribution < 1.29 is 14.0 Å². The highest BCUT2D eigenvalue weighted by atomic mass is 35.5. The molecule has 8 heteroatoms. The SMILES string of the molecule is C[C@@H](C[CH]C(=O)NCCCN1CCN(Cc2c(F)cccc2Cl)CC1)C(N)=O. The minimum atomic E-state index is -0.402. The molecule has 1 saturated heterocycles. The molecule has 0 aliphatic carbocycles. The Morgan fingerprint density at radius 3 is 2.61 bits per heavy atom. The Bertz CT molecular complexity index is 645. The number of nitrogens with zero attached hydrogens (tertiary/aromatic N) is 2. The molecule has 0 spiro atoms. The number of amides is 2. The summed E-state index contributed by atoms with van der Waals surface area (Å²) in [6.45, 7) is 7.23. The number of primary amides is 1. The van der Waals surface area contributed by atoms with E-state index in [1.165, 1.54) is 12.5 Å². The highest BCUT2D eigenvalue weighted by Gasteiger charge is 2.19. The molecule has 0 aromatic heterocycles. The lowest BCUT2D eigenvalue weighted by atomic mass is 10.1. The molecule has 0 saturated carbocycles. The van der Waals surface area contributed by atoms with E-state index in [9.17, 15) is 14.0 Å². The van der Waals surface area contributed by atoms with Gasteiger partial charge in [-0.3, -0.25) is 14.5 Å². The van der Waals surface area contributed by atoms with Gasteiger partial charge in [0.2, 0.25) is 11.8 Å². The molecule has 2 amide bonds. The molecule has 0 bridgehead atoms. The van der Waals surface area contributed by atoms with Gasteiger partial charge in [0.1, 0.15) is 5.82 Å². The Labute approximate surface area is 171 Å². The van der Waals surface area contributed by atoms with Gasteiger partial charge in [-0.25, -0.2) is 4.39 Å². The summed E-state index contributed by atoms with van der Waals surface area (Å²) in [5, 5.41) is 3.30. The van der Waals surface area contributed by atoms with Crippen LogP contribution in [0.2, 0.25) is 5.02 Å². The van der Waals surface area contributed by atoms with Crippen molar-refractivity contribution in [2.75, 3.05) is 39.3 Å². The zero-order chi connectivity index (χ0) is 20.5. The van der Waals surface area contributed by atoms with Crippen molar-refractivity contribution in [1.29, 1.82) is 0 Å². The summed E-state index contributed by atoms with van der Waals surface area (Å²) in [6, 6.07) is 4.78. The molecule has 2 rings (SSSR count). The average Bonchev–Trinajstić information content (AvgIpc) is 2.67. The van der Waals surface area contributed by atoms with Crippen LogP contribution >= 0.6 is 11.6 Å². The van der Waals surface area contributed by atoms with Gasteiger partial charge in [0.15, 0.2) is 0 Å². The summed E-state index contributed by atoms with van der Waals surface area (Å²) >= 11 is 6.11. The van der Waals surface area contributed by atoms with E-state index in [4.69, 9.17) is 17.3 Å².